The summed E-state index contributed by atoms with van der Waals surface area (Å²) in [5, 5.41) is 9.41. The Morgan fingerprint density at radius 3 is 2.29 bits per heavy atom. The third-order valence-electron chi connectivity index (χ3n) is 3.26. The van der Waals surface area contributed by atoms with Gasteiger partial charge in [-0.25, -0.2) is 4.79 Å². The molecule has 0 atom stereocenters. The second-order valence-corrected chi connectivity index (χ2v) is 4.68. The summed E-state index contributed by atoms with van der Waals surface area (Å²) in [6.45, 7) is 3.50. The summed E-state index contributed by atoms with van der Waals surface area (Å²) in [6, 6.07) is 7.35. The lowest BCUT2D eigenvalue weighted by Crippen LogP contribution is -2.22. The Labute approximate surface area is 128 Å². The number of aromatic amines is 1. The van der Waals surface area contributed by atoms with Crippen LogP contribution in [0.2, 0.25) is 0 Å². The maximum atomic E-state index is 12.0. The molecule has 0 amide bonds. The zero-order chi connectivity index (χ0) is 14.9. The van der Waals surface area contributed by atoms with E-state index < -0.39 is 5.97 Å². The lowest BCUT2D eigenvalue weighted by atomic mass is 9.94. The average molecular weight is 309 g/mol. The van der Waals surface area contributed by atoms with Gasteiger partial charge in [-0.15, -0.1) is 12.4 Å². The monoisotopic (exact) mass is 308 g/mol. The predicted octanol–water partition coefficient (Wildman–Crippen LogP) is 2.24. The van der Waals surface area contributed by atoms with E-state index in [2.05, 4.69) is 4.98 Å². The van der Waals surface area contributed by atoms with Crippen molar-refractivity contribution < 1.29 is 9.90 Å². The SMILES string of the molecule is Cc1ccc(-c2c(C(=O)O)c(C)[nH]c(=O)c2CN)cc1.Cl. The van der Waals surface area contributed by atoms with Crippen LogP contribution in [0.4, 0.5) is 0 Å². The van der Waals surface area contributed by atoms with Gasteiger partial charge in [0.25, 0.3) is 5.56 Å². The van der Waals surface area contributed by atoms with Gasteiger partial charge in [-0.05, 0) is 19.4 Å². The fourth-order valence-electron chi connectivity index (χ4n) is 2.26. The highest BCUT2D eigenvalue weighted by molar-refractivity contribution is 5.98. The summed E-state index contributed by atoms with van der Waals surface area (Å²) < 4.78 is 0. The van der Waals surface area contributed by atoms with Crippen molar-refractivity contribution in [3.8, 4) is 11.1 Å². The number of carboxylic acids is 1. The van der Waals surface area contributed by atoms with E-state index in [-0.39, 0.29) is 35.6 Å². The summed E-state index contributed by atoms with van der Waals surface area (Å²) >= 11 is 0. The third-order valence-corrected chi connectivity index (χ3v) is 3.26. The van der Waals surface area contributed by atoms with Gasteiger partial charge in [-0.1, -0.05) is 29.8 Å². The maximum Gasteiger partial charge on any atom is 0.338 e. The smallest absolute Gasteiger partial charge is 0.338 e. The number of carboxylic acid groups (broad SMARTS) is 1. The van der Waals surface area contributed by atoms with E-state index in [0.717, 1.165) is 5.56 Å². The molecule has 6 heteroatoms. The van der Waals surface area contributed by atoms with Gasteiger partial charge in [0.05, 0.1) is 5.56 Å². The van der Waals surface area contributed by atoms with Crippen LogP contribution in [0.3, 0.4) is 0 Å². The number of nitrogens with one attached hydrogen (secondary N) is 1. The van der Waals surface area contributed by atoms with Crippen molar-refractivity contribution in [2.75, 3.05) is 0 Å². The summed E-state index contributed by atoms with van der Waals surface area (Å²) in [5.74, 6) is -1.08. The van der Waals surface area contributed by atoms with Crippen LogP contribution in [0.1, 0.15) is 27.2 Å². The van der Waals surface area contributed by atoms with Crippen LogP contribution in [0.15, 0.2) is 29.1 Å². The number of benzene rings is 1. The van der Waals surface area contributed by atoms with Crippen molar-refractivity contribution in [3.63, 3.8) is 0 Å². The molecule has 21 heavy (non-hydrogen) atoms. The zero-order valence-electron chi connectivity index (χ0n) is 11.8. The molecule has 1 aromatic heterocycles. The standard InChI is InChI=1S/C15H16N2O3.ClH/c1-8-3-5-10(6-4-8)13-11(7-16)14(18)17-9(2)12(13)15(19)20;/h3-6H,7,16H2,1-2H3,(H,17,18)(H,19,20);1H. The van der Waals surface area contributed by atoms with Crippen molar-refractivity contribution in [1.82, 2.24) is 4.98 Å². The summed E-state index contributed by atoms with van der Waals surface area (Å²) in [6.07, 6.45) is 0. The molecule has 1 aromatic carbocycles. The molecule has 0 unspecified atom stereocenters. The van der Waals surface area contributed by atoms with Crippen LogP contribution in [-0.2, 0) is 6.54 Å². The first-order chi connectivity index (χ1) is 9.45. The molecule has 1 heterocycles. The Bertz CT molecular complexity index is 721. The van der Waals surface area contributed by atoms with E-state index >= 15 is 0 Å². The topological polar surface area (TPSA) is 96.2 Å². The molecule has 0 radical (unpaired) electrons. The molecule has 5 nitrogen and oxygen atoms in total. The largest absolute Gasteiger partial charge is 0.478 e. The van der Waals surface area contributed by atoms with E-state index in [1.807, 2.05) is 19.1 Å². The van der Waals surface area contributed by atoms with Crippen LogP contribution >= 0.6 is 12.4 Å². The van der Waals surface area contributed by atoms with Crippen molar-refractivity contribution in [3.05, 3.63) is 57.0 Å². The van der Waals surface area contributed by atoms with Crippen molar-refractivity contribution in [1.29, 1.82) is 0 Å². The minimum absolute atomic E-state index is 0. The first-order valence-electron chi connectivity index (χ1n) is 6.22. The highest BCUT2D eigenvalue weighted by Gasteiger charge is 2.21. The summed E-state index contributed by atoms with van der Waals surface area (Å²) in [7, 11) is 0. The Morgan fingerprint density at radius 2 is 1.81 bits per heavy atom. The maximum absolute atomic E-state index is 12.0. The van der Waals surface area contributed by atoms with E-state index in [1.165, 1.54) is 0 Å². The van der Waals surface area contributed by atoms with Crippen LogP contribution in [0.25, 0.3) is 11.1 Å². The quantitative estimate of drug-likeness (QED) is 0.810. The first kappa shape index (κ1) is 16.9. The van der Waals surface area contributed by atoms with Gasteiger partial charge >= 0.3 is 5.97 Å². The molecule has 0 fully saturated rings. The molecular formula is C15H17ClN2O3. The number of H-pyrrole nitrogens is 1. The Hall–Kier alpha value is -2.11. The van der Waals surface area contributed by atoms with E-state index in [1.54, 1.807) is 19.1 Å². The van der Waals surface area contributed by atoms with Crippen LogP contribution in [0.5, 0.6) is 0 Å². The van der Waals surface area contributed by atoms with Gasteiger partial charge in [0.15, 0.2) is 0 Å². The molecule has 2 aromatic rings. The minimum atomic E-state index is -1.08. The fraction of sp³-hybridized carbons (Fsp3) is 0.200. The normalized spacial score (nSPS) is 10.0. The Balaban J connectivity index is 0.00000220. The van der Waals surface area contributed by atoms with Gasteiger partial charge in [0.1, 0.15) is 0 Å². The van der Waals surface area contributed by atoms with Gasteiger partial charge in [0.2, 0.25) is 0 Å². The van der Waals surface area contributed by atoms with Gasteiger partial charge in [-0.2, -0.15) is 0 Å². The Kier molecular flexibility index (Phi) is 5.29. The summed E-state index contributed by atoms with van der Waals surface area (Å²) in [4.78, 5) is 26.0. The molecule has 0 aliphatic rings. The van der Waals surface area contributed by atoms with Gasteiger partial charge < -0.3 is 15.8 Å². The molecule has 0 saturated heterocycles. The molecule has 0 aliphatic carbocycles. The minimum Gasteiger partial charge on any atom is -0.478 e. The highest BCUT2D eigenvalue weighted by Crippen LogP contribution is 2.27. The second kappa shape index (κ2) is 6.56. The molecule has 0 saturated carbocycles. The molecule has 2 rings (SSSR count). The number of rotatable bonds is 3. The number of carbonyl (C=O) groups is 1. The zero-order valence-corrected chi connectivity index (χ0v) is 12.6. The molecule has 0 bridgehead atoms. The first-order valence-corrected chi connectivity index (χ1v) is 6.22. The lowest BCUT2D eigenvalue weighted by Gasteiger charge is -2.13. The number of aromatic carboxylic acids is 1. The average Bonchev–Trinajstić information content (AvgIpc) is 2.38. The number of pyridine rings is 1. The van der Waals surface area contributed by atoms with Gasteiger partial charge in [-0.3, -0.25) is 4.79 Å². The second-order valence-electron chi connectivity index (χ2n) is 4.68. The van der Waals surface area contributed by atoms with Crippen molar-refractivity contribution in [2.24, 2.45) is 5.73 Å². The number of aromatic nitrogens is 1. The Morgan fingerprint density at radius 1 is 1.24 bits per heavy atom. The molecule has 0 aliphatic heterocycles. The molecule has 4 N–H and O–H groups in total. The van der Waals surface area contributed by atoms with Crippen LogP contribution < -0.4 is 11.3 Å². The molecule has 0 spiro atoms. The highest BCUT2D eigenvalue weighted by atomic mass is 35.5. The number of halogens is 1. The number of aryl methyl sites for hydroxylation is 2. The number of hydrogen-bond donors (Lipinski definition) is 3. The molecule has 112 valence electrons. The number of hydrogen-bond acceptors (Lipinski definition) is 3. The lowest BCUT2D eigenvalue weighted by molar-refractivity contribution is 0.0696. The summed E-state index contributed by atoms with van der Waals surface area (Å²) in [5.41, 5.74) is 8.14. The van der Waals surface area contributed by atoms with Crippen LogP contribution in [0, 0.1) is 13.8 Å². The fourth-order valence-corrected chi connectivity index (χ4v) is 2.26. The van der Waals surface area contributed by atoms with Crippen molar-refractivity contribution in [2.45, 2.75) is 20.4 Å². The van der Waals surface area contributed by atoms with E-state index in [4.69, 9.17) is 5.73 Å². The third kappa shape index (κ3) is 3.15. The number of nitrogens with two attached hydrogens (primary N) is 1. The predicted molar refractivity (Wildman–Crippen MR) is 84.1 cm³/mol. The van der Waals surface area contributed by atoms with E-state index in [9.17, 15) is 14.7 Å². The van der Waals surface area contributed by atoms with Crippen molar-refractivity contribution >= 4 is 18.4 Å². The molecular weight excluding hydrogens is 292 g/mol. The van der Waals surface area contributed by atoms with Gasteiger partial charge in [0, 0.05) is 23.4 Å². The van der Waals surface area contributed by atoms with E-state index in [0.29, 0.717) is 16.8 Å². The van der Waals surface area contributed by atoms with Crippen LogP contribution in [-0.4, -0.2) is 16.1 Å².